The molecule has 0 amide bonds. The normalized spacial score (nSPS) is 11.6. The van der Waals surface area contributed by atoms with Crippen molar-refractivity contribution in [3.05, 3.63) is 29.6 Å². The van der Waals surface area contributed by atoms with Gasteiger partial charge in [-0.1, -0.05) is 6.07 Å². The van der Waals surface area contributed by atoms with Gasteiger partial charge in [-0.25, -0.2) is 0 Å². The molecule has 0 aliphatic rings. The Morgan fingerprint density at radius 1 is 1.50 bits per heavy atom. The Kier molecular flexibility index (Phi) is 4.15. The SMILES string of the molecule is CC#CCCC(N)c1ccc(C)nc1. The first kappa shape index (κ1) is 10.7. The van der Waals surface area contributed by atoms with Gasteiger partial charge in [-0.15, -0.1) is 11.8 Å². The topological polar surface area (TPSA) is 38.9 Å². The number of aromatic nitrogens is 1. The quantitative estimate of drug-likeness (QED) is 0.738. The summed E-state index contributed by atoms with van der Waals surface area (Å²) in [6, 6.07) is 4.08. The van der Waals surface area contributed by atoms with E-state index in [1.807, 2.05) is 32.2 Å². The Morgan fingerprint density at radius 2 is 2.29 bits per heavy atom. The first-order chi connectivity index (χ1) is 6.74. The van der Waals surface area contributed by atoms with Gasteiger partial charge in [0.1, 0.15) is 0 Å². The van der Waals surface area contributed by atoms with E-state index in [0.29, 0.717) is 0 Å². The zero-order chi connectivity index (χ0) is 10.4. The zero-order valence-electron chi connectivity index (χ0n) is 8.75. The number of nitrogens with zero attached hydrogens (tertiary/aromatic N) is 1. The Hall–Kier alpha value is -1.33. The maximum atomic E-state index is 5.98. The van der Waals surface area contributed by atoms with Gasteiger partial charge in [-0.3, -0.25) is 4.98 Å². The summed E-state index contributed by atoms with van der Waals surface area (Å²) in [5.74, 6) is 5.87. The largest absolute Gasteiger partial charge is 0.324 e. The summed E-state index contributed by atoms with van der Waals surface area (Å²) in [6.07, 6.45) is 3.59. The summed E-state index contributed by atoms with van der Waals surface area (Å²) >= 11 is 0. The second kappa shape index (κ2) is 5.41. The maximum absolute atomic E-state index is 5.98. The molecule has 0 aromatic carbocycles. The zero-order valence-corrected chi connectivity index (χ0v) is 8.75. The van der Waals surface area contributed by atoms with Gasteiger partial charge >= 0.3 is 0 Å². The number of aryl methyl sites for hydroxylation is 1. The molecule has 1 aromatic rings. The summed E-state index contributed by atoms with van der Waals surface area (Å²) in [4.78, 5) is 4.21. The van der Waals surface area contributed by atoms with Crippen LogP contribution >= 0.6 is 0 Å². The summed E-state index contributed by atoms with van der Waals surface area (Å²) < 4.78 is 0. The molecule has 1 atom stereocenters. The molecule has 2 heteroatoms. The number of hydrogen-bond acceptors (Lipinski definition) is 2. The lowest BCUT2D eigenvalue weighted by Gasteiger charge is -2.09. The van der Waals surface area contributed by atoms with Crippen LogP contribution in [0.4, 0.5) is 0 Å². The maximum Gasteiger partial charge on any atom is 0.0372 e. The highest BCUT2D eigenvalue weighted by atomic mass is 14.7. The van der Waals surface area contributed by atoms with E-state index in [-0.39, 0.29) is 6.04 Å². The molecule has 74 valence electrons. The molecule has 0 aliphatic carbocycles. The van der Waals surface area contributed by atoms with Crippen molar-refractivity contribution in [2.45, 2.75) is 32.7 Å². The molecule has 0 radical (unpaired) electrons. The van der Waals surface area contributed by atoms with Crippen LogP contribution in [-0.2, 0) is 0 Å². The minimum Gasteiger partial charge on any atom is -0.324 e. The molecule has 1 heterocycles. The van der Waals surface area contributed by atoms with Crippen LogP contribution in [0.3, 0.4) is 0 Å². The minimum atomic E-state index is 0.0592. The van der Waals surface area contributed by atoms with Gasteiger partial charge < -0.3 is 5.73 Å². The van der Waals surface area contributed by atoms with E-state index in [1.165, 1.54) is 0 Å². The van der Waals surface area contributed by atoms with Gasteiger partial charge in [0.25, 0.3) is 0 Å². The Morgan fingerprint density at radius 3 is 2.86 bits per heavy atom. The van der Waals surface area contributed by atoms with Crippen molar-refractivity contribution in [1.82, 2.24) is 4.98 Å². The molecule has 1 rings (SSSR count). The lowest BCUT2D eigenvalue weighted by Crippen LogP contribution is -2.10. The van der Waals surface area contributed by atoms with Gasteiger partial charge in [0, 0.05) is 24.4 Å². The van der Waals surface area contributed by atoms with Gasteiger partial charge in [0.05, 0.1) is 0 Å². The second-order valence-electron chi connectivity index (χ2n) is 3.30. The van der Waals surface area contributed by atoms with Crippen molar-refractivity contribution in [3.63, 3.8) is 0 Å². The fourth-order valence-electron chi connectivity index (χ4n) is 1.22. The summed E-state index contributed by atoms with van der Waals surface area (Å²) in [7, 11) is 0. The third kappa shape index (κ3) is 3.20. The predicted molar refractivity (Wildman–Crippen MR) is 58.6 cm³/mol. The fourth-order valence-corrected chi connectivity index (χ4v) is 1.22. The standard InChI is InChI=1S/C12H16N2/c1-3-4-5-6-12(13)11-8-7-10(2)14-9-11/h7-9,12H,5-6,13H2,1-2H3. The second-order valence-corrected chi connectivity index (χ2v) is 3.30. The Bertz CT molecular complexity index is 330. The minimum absolute atomic E-state index is 0.0592. The number of pyridine rings is 1. The highest BCUT2D eigenvalue weighted by molar-refractivity contribution is 5.17. The molecular formula is C12H16N2. The van der Waals surface area contributed by atoms with Crippen molar-refractivity contribution >= 4 is 0 Å². The number of nitrogens with two attached hydrogens (primary N) is 1. The third-order valence-electron chi connectivity index (χ3n) is 2.12. The van der Waals surface area contributed by atoms with E-state index >= 15 is 0 Å². The van der Waals surface area contributed by atoms with Gasteiger partial charge in [-0.2, -0.15) is 0 Å². The van der Waals surface area contributed by atoms with E-state index in [9.17, 15) is 0 Å². The molecule has 0 saturated carbocycles. The lowest BCUT2D eigenvalue weighted by molar-refractivity contribution is 0.664. The van der Waals surface area contributed by atoms with E-state index < -0.39 is 0 Å². The monoisotopic (exact) mass is 188 g/mol. The average Bonchev–Trinajstić information content (AvgIpc) is 2.19. The van der Waals surface area contributed by atoms with Crippen molar-refractivity contribution < 1.29 is 0 Å². The van der Waals surface area contributed by atoms with E-state index in [1.54, 1.807) is 0 Å². The number of hydrogen-bond donors (Lipinski definition) is 1. The third-order valence-corrected chi connectivity index (χ3v) is 2.12. The molecular weight excluding hydrogens is 172 g/mol. The highest BCUT2D eigenvalue weighted by Gasteiger charge is 2.04. The Labute approximate surface area is 85.5 Å². The molecule has 0 fully saturated rings. The van der Waals surface area contributed by atoms with E-state index in [0.717, 1.165) is 24.1 Å². The smallest absolute Gasteiger partial charge is 0.0372 e. The fraction of sp³-hybridized carbons (Fsp3) is 0.417. The molecule has 1 aromatic heterocycles. The van der Waals surface area contributed by atoms with Crippen LogP contribution in [0.2, 0.25) is 0 Å². The first-order valence-corrected chi connectivity index (χ1v) is 4.81. The Balaban J connectivity index is 2.54. The van der Waals surface area contributed by atoms with Crippen LogP contribution < -0.4 is 5.73 Å². The van der Waals surface area contributed by atoms with Crippen LogP contribution in [0.25, 0.3) is 0 Å². The summed E-state index contributed by atoms with van der Waals surface area (Å²) in [6.45, 7) is 3.82. The van der Waals surface area contributed by atoms with Crippen LogP contribution in [0.1, 0.15) is 37.1 Å². The average molecular weight is 188 g/mol. The number of rotatable bonds is 3. The van der Waals surface area contributed by atoms with Crippen molar-refractivity contribution in [3.8, 4) is 11.8 Å². The van der Waals surface area contributed by atoms with E-state index in [4.69, 9.17) is 5.73 Å². The predicted octanol–water partition coefficient (Wildman–Crippen LogP) is 2.19. The van der Waals surface area contributed by atoms with E-state index in [2.05, 4.69) is 16.8 Å². The van der Waals surface area contributed by atoms with Gasteiger partial charge in [0.15, 0.2) is 0 Å². The van der Waals surface area contributed by atoms with Crippen LogP contribution in [0, 0.1) is 18.8 Å². The van der Waals surface area contributed by atoms with Gasteiger partial charge in [0.2, 0.25) is 0 Å². The lowest BCUT2D eigenvalue weighted by atomic mass is 10.1. The molecule has 2 N–H and O–H groups in total. The first-order valence-electron chi connectivity index (χ1n) is 4.81. The molecule has 2 nitrogen and oxygen atoms in total. The molecule has 0 spiro atoms. The van der Waals surface area contributed by atoms with Crippen LogP contribution in [0.5, 0.6) is 0 Å². The molecule has 0 saturated heterocycles. The summed E-state index contributed by atoms with van der Waals surface area (Å²) in [5.41, 5.74) is 8.09. The van der Waals surface area contributed by atoms with Crippen LogP contribution in [0.15, 0.2) is 18.3 Å². The highest BCUT2D eigenvalue weighted by Crippen LogP contribution is 2.14. The van der Waals surface area contributed by atoms with Crippen LogP contribution in [-0.4, -0.2) is 4.98 Å². The van der Waals surface area contributed by atoms with Crippen molar-refractivity contribution in [1.29, 1.82) is 0 Å². The molecule has 0 bridgehead atoms. The van der Waals surface area contributed by atoms with Gasteiger partial charge in [-0.05, 0) is 31.9 Å². The van der Waals surface area contributed by atoms with Crippen molar-refractivity contribution in [2.24, 2.45) is 5.73 Å². The van der Waals surface area contributed by atoms with Crippen molar-refractivity contribution in [2.75, 3.05) is 0 Å². The summed E-state index contributed by atoms with van der Waals surface area (Å²) in [5, 5.41) is 0. The molecule has 14 heavy (non-hydrogen) atoms. The molecule has 1 unspecified atom stereocenters. The molecule has 0 aliphatic heterocycles.